The molecule has 152 valence electrons. The van der Waals surface area contributed by atoms with Crippen LogP contribution in [0.2, 0.25) is 0 Å². The van der Waals surface area contributed by atoms with Gasteiger partial charge in [0.2, 0.25) is 0 Å². The van der Waals surface area contributed by atoms with Crippen molar-refractivity contribution in [1.29, 1.82) is 0 Å². The normalized spacial score (nSPS) is 22.3. The highest BCUT2D eigenvalue weighted by molar-refractivity contribution is 7.10. The van der Waals surface area contributed by atoms with Gasteiger partial charge in [-0.25, -0.2) is 0 Å². The first-order chi connectivity index (χ1) is 14.2. The van der Waals surface area contributed by atoms with Crippen LogP contribution in [0.25, 0.3) is 5.76 Å². The number of thiophene rings is 1. The van der Waals surface area contributed by atoms with Gasteiger partial charge in [0.05, 0.1) is 24.8 Å². The summed E-state index contributed by atoms with van der Waals surface area (Å²) in [4.78, 5) is 30.5. The quantitative estimate of drug-likeness (QED) is 0.449. The molecule has 3 heterocycles. The van der Waals surface area contributed by atoms with E-state index in [1.165, 1.54) is 11.3 Å². The van der Waals surface area contributed by atoms with Crippen LogP contribution in [0.5, 0.6) is 0 Å². The Morgan fingerprint density at radius 3 is 2.52 bits per heavy atom. The Balaban J connectivity index is 1.60. The molecule has 6 nitrogen and oxygen atoms in total. The lowest BCUT2D eigenvalue weighted by molar-refractivity contribution is -0.140. The number of rotatable bonds is 6. The molecule has 2 saturated heterocycles. The molecule has 0 bridgehead atoms. The van der Waals surface area contributed by atoms with Crippen LogP contribution < -0.4 is 0 Å². The monoisotopic (exact) mass is 412 g/mol. The van der Waals surface area contributed by atoms with Gasteiger partial charge in [-0.1, -0.05) is 36.4 Å². The Morgan fingerprint density at radius 1 is 1.07 bits per heavy atom. The average Bonchev–Trinajstić information content (AvgIpc) is 3.37. The fourth-order valence-corrected chi connectivity index (χ4v) is 4.74. The molecule has 4 rings (SSSR count). The van der Waals surface area contributed by atoms with Gasteiger partial charge in [0, 0.05) is 36.6 Å². The maximum Gasteiger partial charge on any atom is 0.295 e. The zero-order chi connectivity index (χ0) is 20.2. The van der Waals surface area contributed by atoms with E-state index in [1.54, 1.807) is 29.2 Å². The van der Waals surface area contributed by atoms with Gasteiger partial charge in [-0.2, -0.15) is 0 Å². The lowest BCUT2D eigenvalue weighted by Crippen LogP contribution is -2.38. The number of amides is 1. The molecule has 7 heteroatoms. The Hall–Kier alpha value is -2.48. The second-order valence-electron chi connectivity index (χ2n) is 7.18. The smallest absolute Gasteiger partial charge is 0.295 e. The van der Waals surface area contributed by atoms with Crippen molar-refractivity contribution >= 4 is 28.8 Å². The van der Waals surface area contributed by atoms with E-state index in [0.717, 1.165) is 44.1 Å². The van der Waals surface area contributed by atoms with E-state index in [9.17, 15) is 14.7 Å². The van der Waals surface area contributed by atoms with E-state index in [0.29, 0.717) is 12.1 Å². The molecule has 29 heavy (non-hydrogen) atoms. The standard InChI is InChI=1S/C22H24N2O4S/c25-20(16-6-2-1-3-7-16)18-19(17-8-4-15-29-17)24(22(27)21(18)26)10-5-9-23-11-13-28-14-12-23/h1-4,6-8,15,19,25H,5,9-14H2. The summed E-state index contributed by atoms with van der Waals surface area (Å²) in [6, 6.07) is 12.2. The summed E-state index contributed by atoms with van der Waals surface area (Å²) in [7, 11) is 0. The highest BCUT2D eigenvalue weighted by Gasteiger charge is 2.46. The number of ether oxygens (including phenoxy) is 1. The number of carbonyl (C=O) groups excluding carboxylic acids is 2. The molecule has 0 saturated carbocycles. The third-order valence-electron chi connectivity index (χ3n) is 5.38. The number of Topliss-reactive ketones (excluding diaryl/α,β-unsaturated/α-hetero) is 1. The Labute approximate surface area is 174 Å². The topological polar surface area (TPSA) is 70.1 Å². The average molecular weight is 413 g/mol. The number of morpholine rings is 1. The lowest BCUT2D eigenvalue weighted by atomic mass is 10.00. The molecule has 2 aliphatic heterocycles. The van der Waals surface area contributed by atoms with Gasteiger partial charge in [-0.3, -0.25) is 14.5 Å². The van der Waals surface area contributed by atoms with Crippen LogP contribution in [0.4, 0.5) is 0 Å². The zero-order valence-electron chi connectivity index (χ0n) is 16.1. The lowest BCUT2D eigenvalue weighted by Gasteiger charge is -2.28. The van der Waals surface area contributed by atoms with Crippen LogP contribution in [0, 0.1) is 0 Å². The van der Waals surface area contributed by atoms with Crippen molar-refractivity contribution in [3.05, 3.63) is 63.9 Å². The van der Waals surface area contributed by atoms with Gasteiger partial charge in [0.25, 0.3) is 11.7 Å². The van der Waals surface area contributed by atoms with Crippen LogP contribution in [-0.2, 0) is 14.3 Å². The summed E-state index contributed by atoms with van der Waals surface area (Å²) >= 11 is 1.49. The number of nitrogens with zero attached hydrogens (tertiary/aromatic N) is 2. The molecule has 1 aromatic heterocycles. The van der Waals surface area contributed by atoms with E-state index < -0.39 is 17.7 Å². The minimum absolute atomic E-state index is 0.113. The van der Waals surface area contributed by atoms with Crippen LogP contribution in [0.1, 0.15) is 22.9 Å². The maximum atomic E-state index is 12.9. The van der Waals surface area contributed by atoms with E-state index in [1.807, 2.05) is 23.6 Å². The number of benzene rings is 1. The summed E-state index contributed by atoms with van der Waals surface area (Å²) in [6.45, 7) is 4.56. The summed E-state index contributed by atoms with van der Waals surface area (Å²) in [5.74, 6) is -1.27. The molecule has 2 aromatic rings. The molecule has 2 aliphatic rings. The minimum atomic E-state index is -0.615. The highest BCUT2D eigenvalue weighted by Crippen LogP contribution is 2.41. The van der Waals surface area contributed by atoms with Crippen LogP contribution in [-0.4, -0.2) is 66.0 Å². The number of aliphatic hydroxyl groups excluding tert-OH is 1. The predicted octanol–water partition coefficient (Wildman–Crippen LogP) is 2.89. The fourth-order valence-electron chi connectivity index (χ4n) is 3.89. The molecule has 2 fully saturated rings. The molecular formula is C22H24N2O4S. The van der Waals surface area contributed by atoms with Crippen molar-refractivity contribution in [2.75, 3.05) is 39.4 Å². The first-order valence-electron chi connectivity index (χ1n) is 9.84. The number of aliphatic hydroxyl groups is 1. The SMILES string of the molecule is O=C1C(=O)N(CCCN2CCOCC2)C(c2cccs2)C1=C(O)c1ccccc1. The zero-order valence-corrected chi connectivity index (χ0v) is 16.9. The maximum absolute atomic E-state index is 12.9. The van der Waals surface area contributed by atoms with Gasteiger partial charge >= 0.3 is 0 Å². The van der Waals surface area contributed by atoms with Gasteiger partial charge < -0.3 is 14.7 Å². The molecule has 1 N–H and O–H groups in total. The molecule has 1 aromatic carbocycles. The highest BCUT2D eigenvalue weighted by atomic mass is 32.1. The Morgan fingerprint density at radius 2 is 1.83 bits per heavy atom. The van der Waals surface area contributed by atoms with E-state index in [2.05, 4.69) is 4.90 Å². The Bertz CT molecular complexity index is 889. The third kappa shape index (κ3) is 4.12. The molecule has 0 radical (unpaired) electrons. The van der Waals surface area contributed by atoms with Crippen molar-refractivity contribution in [1.82, 2.24) is 9.80 Å². The second-order valence-corrected chi connectivity index (χ2v) is 8.16. The molecule has 0 aliphatic carbocycles. The number of hydrogen-bond acceptors (Lipinski definition) is 6. The van der Waals surface area contributed by atoms with Crippen molar-refractivity contribution in [3.8, 4) is 0 Å². The van der Waals surface area contributed by atoms with E-state index >= 15 is 0 Å². The first kappa shape index (κ1) is 19.8. The number of likely N-dealkylation sites (tertiary alicyclic amines) is 1. The van der Waals surface area contributed by atoms with Gasteiger partial charge in [-0.05, 0) is 17.9 Å². The van der Waals surface area contributed by atoms with Crippen molar-refractivity contribution < 1.29 is 19.4 Å². The van der Waals surface area contributed by atoms with E-state index in [4.69, 9.17) is 4.74 Å². The summed E-state index contributed by atoms with van der Waals surface area (Å²) in [5, 5.41) is 12.8. The van der Waals surface area contributed by atoms with Gasteiger partial charge in [0.1, 0.15) is 5.76 Å². The molecular weight excluding hydrogens is 388 g/mol. The van der Waals surface area contributed by atoms with Crippen molar-refractivity contribution in [3.63, 3.8) is 0 Å². The summed E-state index contributed by atoms with van der Waals surface area (Å²) in [6.07, 6.45) is 0.764. The molecule has 0 spiro atoms. The van der Waals surface area contributed by atoms with Crippen molar-refractivity contribution in [2.24, 2.45) is 0 Å². The van der Waals surface area contributed by atoms with E-state index in [-0.39, 0.29) is 11.3 Å². The fraction of sp³-hybridized carbons (Fsp3) is 0.364. The second kappa shape index (κ2) is 8.90. The number of ketones is 1. The molecule has 1 amide bonds. The van der Waals surface area contributed by atoms with Gasteiger partial charge in [-0.15, -0.1) is 11.3 Å². The van der Waals surface area contributed by atoms with Crippen molar-refractivity contribution in [2.45, 2.75) is 12.5 Å². The Kier molecular flexibility index (Phi) is 6.08. The summed E-state index contributed by atoms with van der Waals surface area (Å²) in [5.41, 5.74) is 0.718. The largest absolute Gasteiger partial charge is 0.507 e. The van der Waals surface area contributed by atoms with Gasteiger partial charge in [0.15, 0.2) is 0 Å². The predicted molar refractivity (Wildman–Crippen MR) is 112 cm³/mol. The summed E-state index contributed by atoms with van der Waals surface area (Å²) < 4.78 is 5.38. The van der Waals surface area contributed by atoms with Crippen LogP contribution >= 0.6 is 11.3 Å². The third-order valence-corrected chi connectivity index (χ3v) is 6.30. The van der Waals surface area contributed by atoms with Crippen LogP contribution in [0.15, 0.2) is 53.4 Å². The minimum Gasteiger partial charge on any atom is -0.507 e. The molecule has 1 atom stereocenters. The van der Waals surface area contributed by atoms with Crippen LogP contribution in [0.3, 0.4) is 0 Å². The first-order valence-corrected chi connectivity index (χ1v) is 10.7. The molecule has 1 unspecified atom stereocenters. The number of hydrogen-bond donors (Lipinski definition) is 1. The number of carbonyl (C=O) groups is 2.